The Kier molecular flexibility index (Phi) is 3.00. The van der Waals surface area contributed by atoms with Crippen LogP contribution in [0.25, 0.3) is 0 Å². The molecule has 0 saturated heterocycles. The Morgan fingerprint density at radius 3 is 2.79 bits per heavy atom. The van der Waals surface area contributed by atoms with Crippen LogP contribution in [-0.2, 0) is 16.0 Å². The summed E-state index contributed by atoms with van der Waals surface area (Å²) in [4.78, 5) is 30.0. The number of nitrogens with one attached hydrogen (secondary N) is 2. The minimum Gasteiger partial charge on any atom is -0.480 e. The summed E-state index contributed by atoms with van der Waals surface area (Å²) in [6.45, 7) is 0. The SMILES string of the molecule is O=C(N[C@H](Cc1cnc[nH]1)C(=O)O)C1C2CCCC21. The zero-order valence-corrected chi connectivity index (χ0v) is 10.5. The minimum absolute atomic E-state index is 0.0531. The van der Waals surface area contributed by atoms with Crippen LogP contribution in [0.2, 0.25) is 0 Å². The Labute approximate surface area is 110 Å². The number of fused-ring (bicyclic) bond motifs is 1. The molecule has 1 aromatic heterocycles. The molecule has 1 aromatic rings. The first-order valence-electron chi connectivity index (χ1n) is 6.67. The van der Waals surface area contributed by atoms with Gasteiger partial charge in [0.25, 0.3) is 0 Å². The molecule has 6 nitrogen and oxygen atoms in total. The van der Waals surface area contributed by atoms with E-state index in [4.69, 9.17) is 0 Å². The number of imidazole rings is 1. The standard InChI is InChI=1S/C13H17N3O3/c17-12(11-8-2-1-3-9(8)11)16-10(13(18)19)4-7-5-14-6-15-7/h5-6,8-11H,1-4H2,(H,14,15)(H,16,17)(H,18,19)/t8?,9?,10-,11?/m1/s1. The zero-order chi connectivity index (χ0) is 13.4. The van der Waals surface area contributed by atoms with Crippen LogP contribution in [0, 0.1) is 17.8 Å². The number of rotatable bonds is 5. The molecule has 19 heavy (non-hydrogen) atoms. The Morgan fingerprint density at radius 2 is 2.21 bits per heavy atom. The van der Waals surface area contributed by atoms with Crippen LogP contribution in [0.15, 0.2) is 12.5 Å². The van der Waals surface area contributed by atoms with Gasteiger partial charge in [-0.3, -0.25) is 4.79 Å². The number of hydrogen-bond donors (Lipinski definition) is 3. The average Bonchev–Trinajstić information content (AvgIpc) is 2.79. The lowest BCUT2D eigenvalue weighted by atomic mass is 10.1. The van der Waals surface area contributed by atoms with Gasteiger partial charge < -0.3 is 15.4 Å². The van der Waals surface area contributed by atoms with E-state index in [0.717, 1.165) is 12.8 Å². The van der Waals surface area contributed by atoms with E-state index in [1.807, 2.05) is 0 Å². The summed E-state index contributed by atoms with van der Waals surface area (Å²) in [5.41, 5.74) is 0.712. The van der Waals surface area contributed by atoms with E-state index in [-0.39, 0.29) is 18.2 Å². The smallest absolute Gasteiger partial charge is 0.326 e. The van der Waals surface area contributed by atoms with Crippen molar-refractivity contribution in [3.05, 3.63) is 18.2 Å². The predicted molar refractivity (Wildman–Crippen MR) is 66.2 cm³/mol. The van der Waals surface area contributed by atoms with Gasteiger partial charge in [0.05, 0.1) is 6.33 Å². The normalized spacial score (nSPS) is 29.6. The molecule has 1 amide bonds. The molecule has 3 N–H and O–H groups in total. The van der Waals surface area contributed by atoms with E-state index in [1.54, 1.807) is 6.20 Å². The highest BCUT2D eigenvalue weighted by Crippen LogP contribution is 2.57. The number of aromatic nitrogens is 2. The zero-order valence-electron chi connectivity index (χ0n) is 10.5. The third kappa shape index (κ3) is 2.34. The van der Waals surface area contributed by atoms with Crippen molar-refractivity contribution in [1.29, 1.82) is 0 Å². The van der Waals surface area contributed by atoms with E-state index in [9.17, 15) is 14.7 Å². The van der Waals surface area contributed by atoms with Crippen LogP contribution in [0.3, 0.4) is 0 Å². The van der Waals surface area contributed by atoms with Gasteiger partial charge in [0, 0.05) is 24.2 Å². The number of amides is 1. The fourth-order valence-corrected chi connectivity index (χ4v) is 3.29. The van der Waals surface area contributed by atoms with Crippen molar-refractivity contribution in [2.24, 2.45) is 17.8 Å². The molecular weight excluding hydrogens is 246 g/mol. The number of aliphatic carboxylic acids is 1. The lowest BCUT2D eigenvalue weighted by molar-refractivity contribution is -0.142. The number of carbonyl (C=O) groups is 2. The number of carbonyl (C=O) groups excluding carboxylic acids is 1. The summed E-state index contributed by atoms with van der Waals surface area (Å²) in [5, 5.41) is 11.8. The maximum Gasteiger partial charge on any atom is 0.326 e. The molecule has 0 bridgehead atoms. The molecule has 3 atom stereocenters. The second kappa shape index (κ2) is 4.68. The highest BCUT2D eigenvalue weighted by Gasteiger charge is 2.56. The summed E-state index contributed by atoms with van der Waals surface area (Å²) in [5.74, 6) is -0.0454. The largest absolute Gasteiger partial charge is 0.480 e. The van der Waals surface area contributed by atoms with Gasteiger partial charge in [0.15, 0.2) is 0 Å². The van der Waals surface area contributed by atoms with Crippen molar-refractivity contribution in [2.45, 2.75) is 31.7 Å². The molecule has 2 aliphatic carbocycles. The van der Waals surface area contributed by atoms with Crippen LogP contribution in [0.4, 0.5) is 0 Å². The molecule has 2 fully saturated rings. The average molecular weight is 263 g/mol. The number of carboxylic acid groups (broad SMARTS) is 1. The quantitative estimate of drug-likeness (QED) is 0.723. The van der Waals surface area contributed by atoms with Gasteiger partial charge in [-0.25, -0.2) is 9.78 Å². The summed E-state index contributed by atoms with van der Waals surface area (Å²) in [6.07, 6.45) is 6.75. The van der Waals surface area contributed by atoms with Crippen LogP contribution < -0.4 is 5.32 Å². The molecule has 102 valence electrons. The van der Waals surface area contributed by atoms with Gasteiger partial charge in [-0.15, -0.1) is 0 Å². The first-order chi connectivity index (χ1) is 9.16. The summed E-state index contributed by atoms with van der Waals surface area (Å²) in [7, 11) is 0. The van der Waals surface area contributed by atoms with E-state index in [1.165, 1.54) is 12.7 Å². The molecule has 1 heterocycles. The fourth-order valence-electron chi connectivity index (χ4n) is 3.29. The Hall–Kier alpha value is -1.85. The van der Waals surface area contributed by atoms with Crippen molar-refractivity contribution in [3.8, 4) is 0 Å². The van der Waals surface area contributed by atoms with Crippen molar-refractivity contribution >= 4 is 11.9 Å². The van der Waals surface area contributed by atoms with Crippen molar-refractivity contribution in [3.63, 3.8) is 0 Å². The van der Waals surface area contributed by atoms with Crippen molar-refractivity contribution < 1.29 is 14.7 Å². The van der Waals surface area contributed by atoms with E-state index < -0.39 is 12.0 Å². The molecular formula is C13H17N3O3. The summed E-state index contributed by atoms with van der Waals surface area (Å²) >= 11 is 0. The maximum absolute atomic E-state index is 12.1. The van der Waals surface area contributed by atoms with Crippen LogP contribution in [-0.4, -0.2) is 33.0 Å². The highest BCUT2D eigenvalue weighted by molar-refractivity contribution is 5.87. The van der Waals surface area contributed by atoms with E-state index >= 15 is 0 Å². The fraction of sp³-hybridized carbons (Fsp3) is 0.615. The molecule has 0 aliphatic heterocycles. The number of nitrogens with zero attached hydrogens (tertiary/aromatic N) is 1. The van der Waals surface area contributed by atoms with Crippen LogP contribution >= 0.6 is 0 Å². The lowest BCUT2D eigenvalue weighted by Crippen LogP contribution is -2.43. The van der Waals surface area contributed by atoms with E-state index in [0.29, 0.717) is 17.5 Å². The molecule has 3 rings (SSSR count). The molecule has 2 saturated carbocycles. The number of carboxylic acids is 1. The maximum atomic E-state index is 12.1. The Bertz CT molecular complexity index is 475. The molecule has 0 radical (unpaired) electrons. The van der Waals surface area contributed by atoms with Gasteiger partial charge in [-0.2, -0.15) is 0 Å². The molecule has 0 aromatic carbocycles. The molecule has 2 unspecified atom stereocenters. The topological polar surface area (TPSA) is 95.1 Å². The summed E-state index contributed by atoms with van der Waals surface area (Å²) in [6, 6.07) is -0.880. The highest BCUT2D eigenvalue weighted by atomic mass is 16.4. The second-order valence-corrected chi connectivity index (χ2v) is 5.46. The van der Waals surface area contributed by atoms with E-state index in [2.05, 4.69) is 15.3 Å². The lowest BCUT2D eigenvalue weighted by Gasteiger charge is -2.14. The van der Waals surface area contributed by atoms with Crippen molar-refractivity contribution in [2.75, 3.05) is 0 Å². The first-order valence-corrected chi connectivity index (χ1v) is 6.67. The van der Waals surface area contributed by atoms with Gasteiger partial charge in [-0.1, -0.05) is 6.42 Å². The third-order valence-electron chi connectivity index (χ3n) is 4.30. The van der Waals surface area contributed by atoms with Crippen molar-refractivity contribution in [1.82, 2.24) is 15.3 Å². The van der Waals surface area contributed by atoms with Gasteiger partial charge in [-0.05, 0) is 24.7 Å². The van der Waals surface area contributed by atoms with Gasteiger partial charge in [0.1, 0.15) is 6.04 Å². The molecule has 0 spiro atoms. The summed E-state index contributed by atoms with van der Waals surface area (Å²) < 4.78 is 0. The second-order valence-electron chi connectivity index (χ2n) is 5.46. The predicted octanol–water partition coefficient (Wildman–Crippen LogP) is 0.568. The number of hydrogen-bond acceptors (Lipinski definition) is 3. The number of H-pyrrole nitrogens is 1. The molecule has 2 aliphatic rings. The Balaban J connectivity index is 1.59. The molecule has 6 heteroatoms. The van der Waals surface area contributed by atoms with Gasteiger partial charge in [0.2, 0.25) is 5.91 Å². The van der Waals surface area contributed by atoms with Crippen LogP contribution in [0.5, 0.6) is 0 Å². The minimum atomic E-state index is -1.01. The first kappa shape index (κ1) is 12.2. The third-order valence-corrected chi connectivity index (χ3v) is 4.30. The van der Waals surface area contributed by atoms with Gasteiger partial charge >= 0.3 is 5.97 Å². The Morgan fingerprint density at radius 1 is 1.47 bits per heavy atom. The monoisotopic (exact) mass is 263 g/mol. The number of aromatic amines is 1. The van der Waals surface area contributed by atoms with Crippen LogP contribution in [0.1, 0.15) is 25.0 Å².